The highest BCUT2D eigenvalue weighted by Gasteiger charge is 2.34. The van der Waals surface area contributed by atoms with E-state index < -0.39 is 18.8 Å². The van der Waals surface area contributed by atoms with Crippen LogP contribution >= 0.6 is 0 Å². The van der Waals surface area contributed by atoms with Crippen LogP contribution in [0.4, 0.5) is 19.0 Å². The lowest BCUT2D eigenvalue weighted by Gasteiger charge is -2.30. The average Bonchev–Trinajstić information content (AvgIpc) is 3.22. The largest absolute Gasteiger partial charge is 0.401 e. The summed E-state index contributed by atoms with van der Waals surface area (Å²) in [6.45, 7) is 1.94. The number of aromatic nitrogens is 1. The molecule has 2 aromatic rings. The number of anilines is 1. The molecule has 0 bridgehead atoms. The van der Waals surface area contributed by atoms with Crippen molar-refractivity contribution in [1.29, 1.82) is 0 Å². The van der Waals surface area contributed by atoms with Gasteiger partial charge in [0.2, 0.25) is 0 Å². The molecule has 1 amide bonds. The van der Waals surface area contributed by atoms with E-state index in [1.54, 1.807) is 12.1 Å². The first-order valence-corrected chi connectivity index (χ1v) is 11.5. The number of fused-ring (bicyclic) bond motifs is 1. The summed E-state index contributed by atoms with van der Waals surface area (Å²) in [5.74, 6) is 0.109. The van der Waals surface area contributed by atoms with Gasteiger partial charge in [0, 0.05) is 57.1 Å². The number of alkyl halides is 3. The van der Waals surface area contributed by atoms with Crippen molar-refractivity contribution >= 4 is 11.7 Å². The summed E-state index contributed by atoms with van der Waals surface area (Å²) >= 11 is 0. The predicted molar refractivity (Wildman–Crippen MR) is 123 cm³/mol. The van der Waals surface area contributed by atoms with Gasteiger partial charge in [0.15, 0.2) is 0 Å². The quantitative estimate of drug-likeness (QED) is 0.542. The van der Waals surface area contributed by atoms with Crippen molar-refractivity contribution in [3.8, 4) is 0 Å². The molecule has 184 valence electrons. The van der Waals surface area contributed by atoms with Gasteiger partial charge in [0.25, 0.3) is 5.91 Å². The van der Waals surface area contributed by atoms with Crippen molar-refractivity contribution < 1.29 is 23.1 Å². The molecule has 1 saturated heterocycles. The van der Waals surface area contributed by atoms with E-state index >= 15 is 0 Å². The first kappa shape index (κ1) is 24.4. The van der Waals surface area contributed by atoms with Crippen LogP contribution in [0.3, 0.4) is 0 Å². The van der Waals surface area contributed by atoms with Gasteiger partial charge in [-0.1, -0.05) is 24.3 Å². The summed E-state index contributed by atoms with van der Waals surface area (Å²) in [5, 5.41) is 16.3. The van der Waals surface area contributed by atoms with Gasteiger partial charge in [0.1, 0.15) is 5.82 Å². The molecule has 2 aliphatic heterocycles. The number of β-amino-alcohol motifs (C(OH)–C–C–N with tert-alkyl or cyclic N) is 1. The van der Waals surface area contributed by atoms with Gasteiger partial charge in [-0.05, 0) is 36.1 Å². The Labute approximate surface area is 197 Å². The average molecular weight is 478 g/mol. The van der Waals surface area contributed by atoms with Crippen molar-refractivity contribution in [3.63, 3.8) is 0 Å². The van der Waals surface area contributed by atoms with Gasteiger partial charge >= 0.3 is 6.18 Å². The van der Waals surface area contributed by atoms with Crippen LogP contribution in [0.1, 0.15) is 27.9 Å². The highest BCUT2D eigenvalue weighted by molar-refractivity contribution is 5.94. The number of hydrogen-bond donors (Lipinski definition) is 3. The van der Waals surface area contributed by atoms with E-state index in [0.717, 1.165) is 19.5 Å². The molecule has 4 rings (SSSR count). The monoisotopic (exact) mass is 477 g/mol. The molecule has 10 heteroatoms. The molecule has 1 fully saturated rings. The van der Waals surface area contributed by atoms with E-state index in [0.29, 0.717) is 30.9 Å². The van der Waals surface area contributed by atoms with Crippen molar-refractivity contribution in [2.45, 2.75) is 37.7 Å². The maximum Gasteiger partial charge on any atom is 0.401 e. The number of nitrogens with one attached hydrogen (secondary N) is 2. The van der Waals surface area contributed by atoms with E-state index in [1.165, 1.54) is 22.2 Å². The molecule has 0 saturated carbocycles. The van der Waals surface area contributed by atoms with E-state index in [4.69, 9.17) is 0 Å². The van der Waals surface area contributed by atoms with E-state index in [9.17, 15) is 23.1 Å². The molecule has 34 heavy (non-hydrogen) atoms. The van der Waals surface area contributed by atoms with Gasteiger partial charge < -0.3 is 15.7 Å². The summed E-state index contributed by atoms with van der Waals surface area (Å²) < 4.78 is 37.8. The summed E-state index contributed by atoms with van der Waals surface area (Å²) in [6, 6.07) is 11.3. The number of likely N-dealkylation sites (tertiary alicyclic amines) is 1. The van der Waals surface area contributed by atoms with Crippen LogP contribution in [-0.2, 0) is 13.0 Å². The Bertz CT molecular complexity index is 987. The smallest absolute Gasteiger partial charge is 0.390 e. The van der Waals surface area contributed by atoms with E-state index in [-0.39, 0.29) is 25.0 Å². The SMILES string of the molecule is O=C(NC[C@H](O)CN1CCc2ccccc2C1)c1ccnc(NC2CCN(CC(F)(F)F)C2)c1. The normalized spacial score (nSPS) is 20.1. The summed E-state index contributed by atoms with van der Waals surface area (Å²) in [7, 11) is 0. The number of hydrogen-bond acceptors (Lipinski definition) is 6. The summed E-state index contributed by atoms with van der Waals surface area (Å²) in [5.41, 5.74) is 2.99. The number of nitrogens with zero attached hydrogens (tertiary/aromatic N) is 3. The summed E-state index contributed by atoms with van der Waals surface area (Å²) in [4.78, 5) is 20.3. The molecule has 0 spiro atoms. The Hall–Kier alpha value is -2.69. The molecule has 2 aliphatic rings. The predicted octanol–water partition coefficient (Wildman–Crippen LogP) is 2.28. The zero-order valence-electron chi connectivity index (χ0n) is 18.9. The number of halogens is 3. The van der Waals surface area contributed by atoms with Crippen LogP contribution < -0.4 is 10.6 Å². The second-order valence-electron chi connectivity index (χ2n) is 9.03. The third-order valence-electron chi connectivity index (χ3n) is 6.23. The minimum atomic E-state index is -4.21. The van der Waals surface area contributed by atoms with Crippen LogP contribution in [0.5, 0.6) is 0 Å². The van der Waals surface area contributed by atoms with Crippen LogP contribution in [0.2, 0.25) is 0 Å². The number of benzene rings is 1. The first-order chi connectivity index (χ1) is 16.2. The zero-order chi connectivity index (χ0) is 24.1. The molecule has 1 unspecified atom stereocenters. The zero-order valence-corrected chi connectivity index (χ0v) is 18.9. The van der Waals surface area contributed by atoms with E-state index in [2.05, 4.69) is 32.7 Å². The van der Waals surface area contributed by atoms with Crippen LogP contribution in [0.15, 0.2) is 42.6 Å². The third-order valence-corrected chi connectivity index (χ3v) is 6.23. The Morgan fingerprint density at radius 3 is 2.76 bits per heavy atom. The second kappa shape index (κ2) is 10.7. The Morgan fingerprint density at radius 2 is 1.97 bits per heavy atom. The van der Waals surface area contributed by atoms with Gasteiger partial charge in [-0.25, -0.2) is 4.98 Å². The number of aliphatic hydroxyl groups is 1. The van der Waals surface area contributed by atoms with Crippen molar-refractivity contribution in [3.05, 3.63) is 59.3 Å². The lowest BCUT2D eigenvalue weighted by Crippen LogP contribution is -2.42. The van der Waals surface area contributed by atoms with Gasteiger partial charge in [-0.3, -0.25) is 14.6 Å². The molecule has 0 radical (unpaired) electrons. The number of rotatable bonds is 8. The fraction of sp³-hybridized carbons (Fsp3) is 0.500. The van der Waals surface area contributed by atoms with Crippen molar-refractivity contribution in [2.24, 2.45) is 0 Å². The van der Waals surface area contributed by atoms with Crippen molar-refractivity contribution in [1.82, 2.24) is 20.1 Å². The standard InChI is InChI=1S/C24H30F3N5O2/c25-24(26,27)16-32-10-7-20(14-32)30-22-11-18(5-8-28-22)23(34)29-12-21(33)15-31-9-6-17-3-1-2-4-19(17)13-31/h1-5,8,11,20-21,33H,6-7,9-10,12-16H2,(H,28,30)(H,29,34)/t20?,21-/m0/s1. The molecule has 1 aromatic heterocycles. The van der Waals surface area contributed by atoms with Crippen LogP contribution in [0.25, 0.3) is 0 Å². The minimum absolute atomic E-state index is 0.122. The molecule has 2 atom stereocenters. The topological polar surface area (TPSA) is 80.7 Å². The third kappa shape index (κ3) is 6.91. The maximum absolute atomic E-state index is 12.6. The Balaban J connectivity index is 1.23. The van der Waals surface area contributed by atoms with Gasteiger partial charge in [0.05, 0.1) is 12.6 Å². The molecule has 7 nitrogen and oxygen atoms in total. The van der Waals surface area contributed by atoms with Crippen LogP contribution in [0, 0.1) is 0 Å². The minimum Gasteiger partial charge on any atom is -0.390 e. The molecular formula is C24H30F3N5O2. The molecule has 0 aliphatic carbocycles. The second-order valence-corrected chi connectivity index (χ2v) is 9.03. The Kier molecular flexibility index (Phi) is 7.70. The molecule has 3 heterocycles. The van der Waals surface area contributed by atoms with E-state index in [1.807, 2.05) is 12.1 Å². The summed E-state index contributed by atoms with van der Waals surface area (Å²) in [6.07, 6.45) is -1.92. The highest BCUT2D eigenvalue weighted by Crippen LogP contribution is 2.22. The van der Waals surface area contributed by atoms with Crippen LogP contribution in [-0.4, -0.2) is 83.4 Å². The lowest BCUT2D eigenvalue weighted by molar-refractivity contribution is -0.143. The molecular weight excluding hydrogens is 447 g/mol. The number of aliphatic hydroxyl groups excluding tert-OH is 1. The van der Waals surface area contributed by atoms with Gasteiger partial charge in [-0.15, -0.1) is 0 Å². The highest BCUT2D eigenvalue weighted by atomic mass is 19.4. The number of amides is 1. The fourth-order valence-electron chi connectivity index (χ4n) is 4.59. The first-order valence-electron chi connectivity index (χ1n) is 11.5. The maximum atomic E-state index is 12.6. The molecule has 1 aromatic carbocycles. The molecule has 3 N–H and O–H groups in total. The fourth-order valence-corrected chi connectivity index (χ4v) is 4.59. The Morgan fingerprint density at radius 1 is 1.18 bits per heavy atom. The number of pyridine rings is 1. The number of carbonyl (C=O) groups is 1. The lowest BCUT2D eigenvalue weighted by atomic mass is 10.00. The number of carbonyl (C=O) groups excluding carboxylic acids is 1. The van der Waals surface area contributed by atoms with Crippen molar-refractivity contribution in [2.75, 3.05) is 44.6 Å². The van der Waals surface area contributed by atoms with Gasteiger partial charge in [-0.2, -0.15) is 13.2 Å².